The number of halogens is 1. The summed E-state index contributed by atoms with van der Waals surface area (Å²) in [7, 11) is -3.43. The van der Waals surface area contributed by atoms with Crippen LogP contribution in [0, 0.1) is 0 Å². The number of carbonyl (C=O) groups excluding carboxylic acids is 2. The molecule has 4 aromatic carbocycles. The lowest BCUT2D eigenvalue weighted by atomic mass is 10.1. The van der Waals surface area contributed by atoms with E-state index >= 15 is 0 Å². The van der Waals surface area contributed by atoms with Gasteiger partial charge < -0.3 is 23.9 Å². The molecule has 0 saturated heterocycles. The molecule has 0 fully saturated rings. The van der Waals surface area contributed by atoms with Gasteiger partial charge in [0.1, 0.15) is 17.0 Å². The summed E-state index contributed by atoms with van der Waals surface area (Å²) in [5.41, 5.74) is 2.48. The second-order valence-corrected chi connectivity index (χ2v) is 12.7. The SMILES string of the molecule is CCOC(=O)C(NC(=O)c1cccc(OCc2nc3ccccc3o2)c1)Oc1ccc(CCCS(=O)(=O)c2ccc(Cl)cc2)cc1. The molecule has 1 heterocycles. The molecule has 1 aromatic heterocycles. The first-order chi connectivity index (χ1) is 22.2. The van der Waals surface area contributed by atoms with E-state index in [9.17, 15) is 18.0 Å². The van der Waals surface area contributed by atoms with Crippen LogP contribution in [0.25, 0.3) is 11.1 Å². The maximum Gasteiger partial charge on any atom is 0.369 e. The largest absolute Gasteiger partial charge is 0.484 e. The first-order valence-corrected chi connectivity index (χ1v) is 16.5. The average Bonchev–Trinajstić information content (AvgIpc) is 3.48. The monoisotopic (exact) mass is 662 g/mol. The van der Waals surface area contributed by atoms with Crippen LogP contribution in [0.2, 0.25) is 5.02 Å². The molecule has 1 N–H and O–H groups in total. The highest BCUT2D eigenvalue weighted by Gasteiger charge is 2.25. The van der Waals surface area contributed by atoms with Crippen LogP contribution in [0.1, 0.15) is 35.2 Å². The van der Waals surface area contributed by atoms with Crippen LogP contribution >= 0.6 is 11.6 Å². The van der Waals surface area contributed by atoms with Gasteiger partial charge in [0.25, 0.3) is 12.1 Å². The molecule has 5 rings (SSSR count). The van der Waals surface area contributed by atoms with Gasteiger partial charge >= 0.3 is 5.97 Å². The lowest BCUT2D eigenvalue weighted by Gasteiger charge is -2.19. The number of aromatic nitrogens is 1. The van der Waals surface area contributed by atoms with E-state index in [2.05, 4.69) is 10.3 Å². The van der Waals surface area contributed by atoms with Crippen molar-refractivity contribution in [3.05, 3.63) is 119 Å². The third kappa shape index (κ3) is 8.64. The number of fused-ring (bicyclic) bond motifs is 1. The van der Waals surface area contributed by atoms with Crippen LogP contribution in [-0.2, 0) is 32.4 Å². The number of sulfone groups is 1. The van der Waals surface area contributed by atoms with Crippen LogP contribution in [-0.4, -0.2) is 43.9 Å². The van der Waals surface area contributed by atoms with E-state index in [1.54, 1.807) is 61.5 Å². The van der Waals surface area contributed by atoms with E-state index in [1.807, 2.05) is 24.3 Å². The molecule has 238 valence electrons. The van der Waals surface area contributed by atoms with Crippen LogP contribution in [0.3, 0.4) is 0 Å². The smallest absolute Gasteiger partial charge is 0.369 e. The molecule has 0 radical (unpaired) electrons. The van der Waals surface area contributed by atoms with Gasteiger partial charge in [0, 0.05) is 10.6 Å². The fourth-order valence-corrected chi connectivity index (χ4v) is 5.94. The van der Waals surface area contributed by atoms with Gasteiger partial charge in [-0.15, -0.1) is 0 Å². The summed E-state index contributed by atoms with van der Waals surface area (Å²) >= 11 is 5.86. The number of benzene rings is 4. The summed E-state index contributed by atoms with van der Waals surface area (Å²) in [6.45, 7) is 1.80. The Kier molecular flexibility index (Phi) is 10.6. The fourth-order valence-electron chi connectivity index (χ4n) is 4.51. The minimum absolute atomic E-state index is 0.0210. The van der Waals surface area contributed by atoms with Gasteiger partial charge in [-0.1, -0.05) is 41.9 Å². The Labute approximate surface area is 271 Å². The lowest BCUT2D eigenvalue weighted by molar-refractivity contribution is -0.152. The molecule has 46 heavy (non-hydrogen) atoms. The predicted octanol–water partition coefficient (Wildman–Crippen LogP) is 6.16. The Morgan fingerprint density at radius 1 is 0.935 bits per heavy atom. The van der Waals surface area contributed by atoms with Gasteiger partial charge in [-0.25, -0.2) is 18.2 Å². The summed E-state index contributed by atoms with van der Waals surface area (Å²) < 4.78 is 47.6. The van der Waals surface area contributed by atoms with Crippen LogP contribution < -0.4 is 14.8 Å². The van der Waals surface area contributed by atoms with Crippen molar-refractivity contribution < 1.29 is 36.6 Å². The number of amides is 1. The summed E-state index contributed by atoms with van der Waals surface area (Å²) in [4.78, 5) is 30.4. The third-order valence-corrected chi connectivity index (χ3v) is 8.86. The van der Waals surface area contributed by atoms with Crippen LogP contribution in [0.15, 0.2) is 106 Å². The number of oxazole rings is 1. The zero-order valence-corrected chi connectivity index (χ0v) is 26.4. The van der Waals surface area contributed by atoms with Gasteiger partial charge in [0.2, 0.25) is 5.89 Å². The first kappa shape index (κ1) is 32.5. The number of aryl methyl sites for hydroxylation is 1. The fraction of sp³-hybridized carbons (Fsp3) is 0.206. The molecule has 0 spiro atoms. The van der Waals surface area contributed by atoms with Gasteiger partial charge in [-0.05, 0) is 92.1 Å². The summed E-state index contributed by atoms with van der Waals surface area (Å²) in [5, 5.41) is 3.04. The third-order valence-electron chi connectivity index (χ3n) is 6.79. The highest BCUT2D eigenvalue weighted by Crippen LogP contribution is 2.21. The first-order valence-electron chi connectivity index (χ1n) is 14.5. The number of ether oxygens (including phenoxy) is 3. The topological polar surface area (TPSA) is 134 Å². The van der Waals surface area contributed by atoms with Crippen LogP contribution in [0.4, 0.5) is 0 Å². The normalized spacial score (nSPS) is 12.0. The minimum atomic E-state index is -3.43. The molecule has 0 aliphatic rings. The Hall–Kier alpha value is -4.87. The van der Waals surface area contributed by atoms with Crippen molar-refractivity contribution in [3.63, 3.8) is 0 Å². The highest BCUT2D eigenvalue weighted by molar-refractivity contribution is 7.91. The standard InChI is InChI=1S/C34H31ClN2O8S/c1-2-42-34(39)33(44-26-16-12-23(13-17-26)7-6-20-46(40,41)28-18-14-25(35)15-19-28)37-32(38)24-8-5-9-27(21-24)43-22-31-36-29-10-3-4-11-30(29)45-31/h3-5,8-19,21,33H,2,6-7,20,22H2,1H3,(H,37,38). The Bertz CT molecular complexity index is 1880. The number of hydrogen-bond acceptors (Lipinski definition) is 9. The average molecular weight is 663 g/mol. The van der Waals surface area contributed by atoms with Crippen molar-refractivity contribution in [2.75, 3.05) is 12.4 Å². The molecule has 1 atom stereocenters. The Morgan fingerprint density at radius 3 is 2.43 bits per heavy atom. The quantitative estimate of drug-likeness (QED) is 0.110. The molecule has 0 bridgehead atoms. The number of esters is 1. The van der Waals surface area contributed by atoms with Crippen molar-refractivity contribution >= 4 is 44.4 Å². The number of carbonyl (C=O) groups is 2. The molecular formula is C34H31ClN2O8S. The van der Waals surface area contributed by atoms with Gasteiger partial charge in [-0.3, -0.25) is 4.79 Å². The van der Waals surface area contributed by atoms with Crippen LogP contribution in [0.5, 0.6) is 11.5 Å². The zero-order valence-electron chi connectivity index (χ0n) is 24.8. The second kappa shape index (κ2) is 14.9. The number of nitrogens with one attached hydrogen (secondary N) is 1. The zero-order chi connectivity index (χ0) is 32.5. The van der Waals surface area contributed by atoms with Crippen molar-refractivity contribution in [1.29, 1.82) is 0 Å². The number of hydrogen-bond donors (Lipinski definition) is 1. The molecule has 1 amide bonds. The van der Waals surface area contributed by atoms with E-state index in [0.717, 1.165) is 11.1 Å². The molecule has 5 aromatic rings. The molecule has 10 nitrogen and oxygen atoms in total. The van der Waals surface area contributed by atoms with E-state index in [1.165, 1.54) is 18.2 Å². The van der Waals surface area contributed by atoms with Gasteiger partial charge in [-0.2, -0.15) is 0 Å². The summed E-state index contributed by atoms with van der Waals surface area (Å²) in [5.74, 6) is -0.265. The van der Waals surface area contributed by atoms with Gasteiger partial charge in [0.05, 0.1) is 17.3 Å². The molecule has 12 heteroatoms. The molecular weight excluding hydrogens is 632 g/mol. The molecule has 0 aliphatic heterocycles. The maximum absolute atomic E-state index is 13.1. The Morgan fingerprint density at radius 2 is 1.70 bits per heavy atom. The molecule has 1 unspecified atom stereocenters. The maximum atomic E-state index is 13.1. The van der Waals surface area contributed by atoms with Crippen molar-refractivity contribution in [1.82, 2.24) is 10.3 Å². The van der Waals surface area contributed by atoms with Gasteiger partial charge in [0.15, 0.2) is 22.0 Å². The number of nitrogens with zero attached hydrogens (tertiary/aromatic N) is 1. The molecule has 0 aliphatic carbocycles. The minimum Gasteiger partial charge on any atom is -0.484 e. The van der Waals surface area contributed by atoms with Crippen molar-refractivity contribution in [2.45, 2.75) is 37.5 Å². The lowest BCUT2D eigenvalue weighted by Crippen LogP contribution is -2.46. The second-order valence-electron chi connectivity index (χ2n) is 10.1. The van der Waals surface area contributed by atoms with Crippen molar-refractivity contribution in [3.8, 4) is 11.5 Å². The van der Waals surface area contributed by atoms with E-state index in [-0.39, 0.29) is 29.4 Å². The summed E-state index contributed by atoms with van der Waals surface area (Å²) in [6.07, 6.45) is -0.507. The van der Waals surface area contributed by atoms with E-state index in [0.29, 0.717) is 40.8 Å². The Balaban J connectivity index is 1.17. The number of rotatable bonds is 14. The molecule has 0 saturated carbocycles. The van der Waals surface area contributed by atoms with E-state index < -0.39 is 27.9 Å². The predicted molar refractivity (Wildman–Crippen MR) is 172 cm³/mol. The van der Waals surface area contributed by atoms with E-state index in [4.69, 9.17) is 30.2 Å². The van der Waals surface area contributed by atoms with Crippen molar-refractivity contribution in [2.24, 2.45) is 0 Å². The number of para-hydroxylation sites is 2. The highest BCUT2D eigenvalue weighted by atomic mass is 35.5. The summed E-state index contributed by atoms with van der Waals surface area (Å²) in [6, 6.07) is 26.7.